The normalized spacial score (nSPS) is 32.0. The van der Waals surface area contributed by atoms with Crippen LogP contribution in [0.1, 0.15) is 58.3 Å². The lowest BCUT2D eigenvalue weighted by molar-refractivity contribution is -0.153. The van der Waals surface area contributed by atoms with Crippen LogP contribution < -0.4 is 10.6 Å². The zero-order chi connectivity index (χ0) is 19.6. The monoisotopic (exact) mass is 418 g/mol. The molecule has 2 fully saturated rings. The van der Waals surface area contributed by atoms with Crippen LogP contribution in [0.25, 0.3) is 0 Å². The Kier molecular flexibility index (Phi) is 9.78. The van der Waals surface area contributed by atoms with Crippen molar-refractivity contribution in [1.82, 2.24) is 10.6 Å². The van der Waals surface area contributed by atoms with Crippen molar-refractivity contribution in [2.75, 3.05) is 11.5 Å². The second-order valence-corrected chi connectivity index (χ2v) is 9.65. The van der Waals surface area contributed by atoms with Gasteiger partial charge in [-0.15, -0.1) is 0 Å². The van der Waals surface area contributed by atoms with Gasteiger partial charge in [0.15, 0.2) is 0 Å². The molecule has 2 bridgehead atoms. The summed E-state index contributed by atoms with van der Waals surface area (Å²) in [7, 11) is 2.93. The summed E-state index contributed by atoms with van der Waals surface area (Å²) < 4.78 is 5.69. The van der Waals surface area contributed by atoms with Crippen molar-refractivity contribution >= 4 is 39.4 Å². The first kappa shape index (κ1) is 22.4. The first-order valence-electron chi connectivity index (χ1n) is 9.72. The van der Waals surface area contributed by atoms with Crippen LogP contribution in [0.15, 0.2) is 0 Å². The fourth-order valence-corrected chi connectivity index (χ4v) is 5.50. The van der Waals surface area contributed by atoms with Gasteiger partial charge in [0.1, 0.15) is 18.2 Å². The molecule has 27 heavy (non-hydrogen) atoms. The number of hydrogen-bond acceptors (Lipinski definition) is 7. The van der Waals surface area contributed by atoms with E-state index in [2.05, 4.69) is 17.6 Å². The van der Waals surface area contributed by atoms with Gasteiger partial charge >= 0.3 is 5.97 Å². The van der Waals surface area contributed by atoms with Crippen LogP contribution in [-0.4, -0.2) is 58.7 Å². The average molecular weight is 419 g/mol. The molecule has 2 aliphatic rings. The van der Waals surface area contributed by atoms with E-state index in [-0.39, 0.29) is 24.3 Å². The molecule has 2 heterocycles. The molecule has 0 aliphatic carbocycles. The molecule has 0 radical (unpaired) electrons. The summed E-state index contributed by atoms with van der Waals surface area (Å²) in [6.45, 7) is 2.06. The second-order valence-electron chi connectivity index (χ2n) is 7.09. The predicted octanol–water partition coefficient (Wildman–Crippen LogP) is 1.78. The number of rotatable bonds is 2. The van der Waals surface area contributed by atoms with Crippen LogP contribution in [0.3, 0.4) is 0 Å². The van der Waals surface area contributed by atoms with E-state index in [4.69, 9.17) is 4.74 Å². The lowest BCUT2D eigenvalue weighted by atomic mass is 10.0. The number of ether oxygens (including phenoxy) is 1. The van der Waals surface area contributed by atoms with Crippen molar-refractivity contribution in [2.45, 2.75) is 82.6 Å². The minimum atomic E-state index is -0.725. The maximum atomic E-state index is 12.6. The molecule has 154 valence electrons. The minimum Gasteiger partial charge on any atom is -0.461 e. The van der Waals surface area contributed by atoms with E-state index in [1.165, 1.54) is 21.6 Å². The summed E-state index contributed by atoms with van der Waals surface area (Å²) in [6.07, 6.45) is 4.85. The van der Waals surface area contributed by atoms with E-state index >= 15 is 0 Å². The molecular weight excluding hydrogens is 388 g/mol. The first-order valence-corrected chi connectivity index (χ1v) is 12.2. The summed E-state index contributed by atoms with van der Waals surface area (Å²) in [6, 6.07) is -1.44. The highest BCUT2D eigenvalue weighted by Gasteiger charge is 2.31. The number of aliphatic hydroxyl groups is 1. The van der Waals surface area contributed by atoms with E-state index in [1.807, 2.05) is 0 Å². The van der Waals surface area contributed by atoms with Gasteiger partial charge in [-0.05, 0) is 25.7 Å². The lowest BCUT2D eigenvalue weighted by Crippen LogP contribution is -2.55. The Hall–Kier alpha value is -0.930. The van der Waals surface area contributed by atoms with Crippen molar-refractivity contribution < 1.29 is 24.2 Å². The number of carbonyl (C=O) groups excluding carboxylic acids is 3. The van der Waals surface area contributed by atoms with Crippen LogP contribution in [0.5, 0.6) is 0 Å². The van der Waals surface area contributed by atoms with Gasteiger partial charge in [-0.1, -0.05) is 47.8 Å². The third kappa shape index (κ3) is 7.91. The van der Waals surface area contributed by atoms with E-state index < -0.39 is 24.2 Å². The predicted molar refractivity (Wildman–Crippen MR) is 107 cm³/mol. The van der Waals surface area contributed by atoms with Gasteiger partial charge < -0.3 is 20.5 Å². The Morgan fingerprint density at radius 2 is 1.74 bits per heavy atom. The highest BCUT2D eigenvalue weighted by Crippen LogP contribution is 2.26. The van der Waals surface area contributed by atoms with Gasteiger partial charge in [-0.2, -0.15) is 0 Å². The molecule has 0 aromatic heterocycles. The molecule has 7 nitrogen and oxygen atoms in total. The average Bonchev–Trinajstić information content (AvgIpc) is 2.60. The number of esters is 1. The van der Waals surface area contributed by atoms with Crippen LogP contribution in [0.2, 0.25) is 0 Å². The largest absolute Gasteiger partial charge is 0.461 e. The molecule has 3 N–H and O–H groups in total. The van der Waals surface area contributed by atoms with E-state index in [1.54, 1.807) is 0 Å². The number of hydrogen-bond donors (Lipinski definition) is 3. The summed E-state index contributed by atoms with van der Waals surface area (Å²) in [5.74, 6) is -0.273. The molecule has 0 unspecified atom stereocenters. The van der Waals surface area contributed by atoms with Crippen LogP contribution in [0, 0.1) is 0 Å². The molecule has 0 spiro atoms. The number of nitrogens with one attached hydrogen (secondary N) is 2. The molecular formula is C18H30N2O5S2. The second kappa shape index (κ2) is 11.8. The molecule has 4 atom stereocenters. The first-order chi connectivity index (χ1) is 13.0. The molecule has 2 amide bonds. The molecule has 0 aromatic rings. The summed E-state index contributed by atoms with van der Waals surface area (Å²) in [4.78, 5) is 37.2. The smallest absolute Gasteiger partial charge is 0.329 e. The van der Waals surface area contributed by atoms with Crippen molar-refractivity contribution in [3.05, 3.63) is 0 Å². The van der Waals surface area contributed by atoms with Gasteiger partial charge in [0.05, 0.1) is 12.5 Å². The summed E-state index contributed by atoms with van der Waals surface area (Å²) >= 11 is 0. The lowest BCUT2D eigenvalue weighted by Gasteiger charge is -2.27. The Morgan fingerprint density at radius 1 is 1.04 bits per heavy atom. The van der Waals surface area contributed by atoms with E-state index in [0.29, 0.717) is 17.9 Å². The SMILES string of the molecule is CCC[C@@H]1CCCCC[C@@H](O)CC(=O)N[C@H]2CSSC[C@H](NC2=O)C(=O)O1. The maximum Gasteiger partial charge on any atom is 0.329 e. The topological polar surface area (TPSA) is 105 Å². The van der Waals surface area contributed by atoms with Crippen molar-refractivity contribution in [2.24, 2.45) is 0 Å². The fraction of sp³-hybridized carbons (Fsp3) is 0.833. The summed E-state index contributed by atoms with van der Waals surface area (Å²) in [5.41, 5.74) is 0. The Labute approximate surface area is 168 Å². The molecule has 2 saturated heterocycles. The molecule has 9 heteroatoms. The molecule has 2 aliphatic heterocycles. The quantitative estimate of drug-likeness (QED) is 0.464. The van der Waals surface area contributed by atoms with Gasteiger partial charge in [0.25, 0.3) is 0 Å². The Morgan fingerprint density at radius 3 is 2.48 bits per heavy atom. The standard InChI is InChI=1S/C18H30N2O5S2/c1-2-6-13-8-5-3-4-7-12(21)9-16(22)19-14-10-26-27-11-15(18(24)25-13)20-17(14)23/h12-15,21H,2-11H2,1H3,(H,19,22)(H,20,23)/t12-,13-,14+,15+/m1/s1. The van der Waals surface area contributed by atoms with E-state index in [0.717, 1.165) is 38.5 Å². The number of fused-ring (bicyclic) bond motifs is 3. The number of carbonyl (C=O) groups is 3. The third-order valence-electron chi connectivity index (χ3n) is 4.68. The number of amides is 2. The van der Waals surface area contributed by atoms with E-state index in [9.17, 15) is 19.5 Å². The summed E-state index contributed by atoms with van der Waals surface area (Å²) in [5, 5.41) is 15.5. The molecule has 0 saturated carbocycles. The van der Waals surface area contributed by atoms with Crippen molar-refractivity contribution in [3.8, 4) is 0 Å². The zero-order valence-corrected chi connectivity index (χ0v) is 17.4. The third-order valence-corrected chi connectivity index (χ3v) is 7.11. The van der Waals surface area contributed by atoms with Gasteiger partial charge in [0.2, 0.25) is 11.8 Å². The molecule has 0 aromatic carbocycles. The number of cyclic esters (lactones) is 1. The van der Waals surface area contributed by atoms with Crippen LogP contribution in [-0.2, 0) is 19.1 Å². The molecule has 2 rings (SSSR count). The van der Waals surface area contributed by atoms with Crippen LogP contribution >= 0.6 is 21.6 Å². The number of aliphatic hydroxyl groups excluding tert-OH is 1. The van der Waals surface area contributed by atoms with Crippen molar-refractivity contribution in [1.29, 1.82) is 0 Å². The maximum absolute atomic E-state index is 12.6. The zero-order valence-electron chi connectivity index (χ0n) is 15.8. The van der Waals surface area contributed by atoms with Crippen LogP contribution in [0.4, 0.5) is 0 Å². The van der Waals surface area contributed by atoms with Gasteiger partial charge in [-0.25, -0.2) is 4.79 Å². The van der Waals surface area contributed by atoms with Gasteiger partial charge in [-0.3, -0.25) is 9.59 Å². The minimum absolute atomic E-state index is 0.00841. The Bertz CT molecular complexity index is 520. The van der Waals surface area contributed by atoms with Gasteiger partial charge in [0, 0.05) is 11.5 Å². The highest BCUT2D eigenvalue weighted by molar-refractivity contribution is 8.76. The highest BCUT2D eigenvalue weighted by atomic mass is 33.1. The fourth-order valence-electron chi connectivity index (χ4n) is 3.18. The van der Waals surface area contributed by atoms with Crippen molar-refractivity contribution in [3.63, 3.8) is 0 Å². The Balaban J connectivity index is 2.10.